The Morgan fingerprint density at radius 3 is 2.79 bits per heavy atom. The molecule has 1 aromatic carbocycles. The van der Waals surface area contributed by atoms with Crippen molar-refractivity contribution < 1.29 is 27.4 Å². The number of ether oxygens (including phenoxy) is 2. The third kappa shape index (κ3) is 4.77. The molecule has 0 N–H and O–H groups in total. The molecule has 2 rings (SSSR count). The van der Waals surface area contributed by atoms with E-state index >= 15 is 0 Å². The number of rotatable bonds is 4. The fourth-order valence-corrected chi connectivity index (χ4v) is 2.42. The van der Waals surface area contributed by atoms with E-state index in [2.05, 4.69) is 0 Å². The van der Waals surface area contributed by atoms with E-state index in [1.807, 2.05) is 0 Å². The normalized spacial score (nSPS) is 19.2. The van der Waals surface area contributed by atoms with Crippen molar-refractivity contribution in [2.24, 2.45) is 0 Å². The summed E-state index contributed by atoms with van der Waals surface area (Å²) in [6.45, 7) is 0. The summed E-state index contributed by atoms with van der Waals surface area (Å²) in [6, 6.07) is 4.36. The number of benzene rings is 1. The quantitative estimate of drug-likeness (QED) is 0.585. The van der Waals surface area contributed by atoms with Crippen molar-refractivity contribution >= 4 is 17.6 Å². The van der Waals surface area contributed by atoms with Gasteiger partial charge < -0.3 is 9.47 Å². The Hall–Kier alpha value is -1.95. The van der Waals surface area contributed by atoms with Gasteiger partial charge in [-0.25, -0.2) is 4.79 Å². The molecule has 1 aromatic rings. The second kappa shape index (κ2) is 7.75. The van der Waals surface area contributed by atoms with Crippen molar-refractivity contribution in [1.82, 2.24) is 0 Å². The maximum Gasteiger partial charge on any atom is 0.416 e. The molecule has 0 aromatic heterocycles. The Kier molecular flexibility index (Phi) is 5.94. The van der Waals surface area contributed by atoms with Crippen LogP contribution >= 0.6 is 11.6 Å². The van der Waals surface area contributed by atoms with E-state index in [0.717, 1.165) is 12.1 Å². The van der Waals surface area contributed by atoms with Crippen LogP contribution in [0.15, 0.2) is 48.1 Å². The zero-order chi connectivity index (χ0) is 17.7. The van der Waals surface area contributed by atoms with Gasteiger partial charge in [0.15, 0.2) is 0 Å². The summed E-state index contributed by atoms with van der Waals surface area (Å²) in [5, 5.41) is -0.175. The lowest BCUT2D eigenvalue weighted by Gasteiger charge is -2.19. The molecule has 2 atom stereocenters. The zero-order valence-electron chi connectivity index (χ0n) is 12.8. The molecule has 7 heteroatoms. The lowest BCUT2D eigenvalue weighted by Crippen LogP contribution is -2.30. The number of allylic oxidation sites excluding steroid dienone is 2. The smallest absolute Gasteiger partial charge is 0.416 e. The van der Waals surface area contributed by atoms with E-state index in [-0.39, 0.29) is 11.1 Å². The summed E-state index contributed by atoms with van der Waals surface area (Å²) in [7, 11) is 1.19. The molecular weight excluding hydrogens is 345 g/mol. The monoisotopic (exact) mass is 360 g/mol. The molecule has 3 nitrogen and oxygen atoms in total. The Morgan fingerprint density at radius 2 is 2.12 bits per heavy atom. The van der Waals surface area contributed by atoms with E-state index in [4.69, 9.17) is 21.1 Å². The standard InChI is InChI=1S/C17H16ClF3O3/c1-23-16(22)15(11-4-2-6-13(18)9-8-11)24-14-7-3-5-12(10-14)17(19,20)21/h3-5,7-10,13,15H,2,6H2,1H3. The molecule has 0 fully saturated rings. The molecule has 2 unspecified atom stereocenters. The highest BCUT2D eigenvalue weighted by molar-refractivity contribution is 6.21. The molecule has 1 aliphatic rings. The van der Waals surface area contributed by atoms with Gasteiger partial charge in [0, 0.05) is 0 Å². The Balaban J connectivity index is 2.29. The molecule has 24 heavy (non-hydrogen) atoms. The first kappa shape index (κ1) is 18.4. The van der Waals surface area contributed by atoms with Gasteiger partial charge in [0.1, 0.15) is 5.75 Å². The van der Waals surface area contributed by atoms with Crippen LogP contribution in [-0.2, 0) is 15.7 Å². The molecule has 0 heterocycles. The second-order valence-electron chi connectivity index (χ2n) is 5.20. The second-order valence-corrected chi connectivity index (χ2v) is 5.76. The number of halogens is 4. The fraction of sp³-hybridized carbons (Fsp3) is 0.353. The van der Waals surface area contributed by atoms with Crippen molar-refractivity contribution in [3.8, 4) is 5.75 Å². The molecule has 0 saturated carbocycles. The molecule has 0 aliphatic heterocycles. The first-order chi connectivity index (χ1) is 11.3. The third-order valence-corrected chi connectivity index (χ3v) is 3.82. The van der Waals surface area contributed by atoms with Gasteiger partial charge in [-0.2, -0.15) is 13.2 Å². The summed E-state index contributed by atoms with van der Waals surface area (Å²) in [4.78, 5) is 12.0. The molecule has 0 bridgehead atoms. The number of carbonyl (C=O) groups is 1. The van der Waals surface area contributed by atoms with Gasteiger partial charge in [-0.05, 0) is 36.6 Å². The van der Waals surface area contributed by atoms with Crippen molar-refractivity contribution in [2.75, 3.05) is 7.11 Å². The van der Waals surface area contributed by atoms with E-state index in [1.54, 1.807) is 18.2 Å². The van der Waals surface area contributed by atoms with E-state index in [0.29, 0.717) is 18.4 Å². The minimum Gasteiger partial charge on any atom is -0.474 e. The van der Waals surface area contributed by atoms with Gasteiger partial charge in [0.05, 0.1) is 18.1 Å². The minimum absolute atomic E-state index is 0.0683. The van der Waals surface area contributed by atoms with Gasteiger partial charge in [-0.15, -0.1) is 11.6 Å². The van der Waals surface area contributed by atoms with Crippen LogP contribution in [0.1, 0.15) is 18.4 Å². The van der Waals surface area contributed by atoms with E-state index < -0.39 is 23.8 Å². The molecule has 0 spiro atoms. The number of alkyl halides is 4. The van der Waals surface area contributed by atoms with E-state index in [9.17, 15) is 18.0 Å². The lowest BCUT2D eigenvalue weighted by molar-refractivity contribution is -0.146. The Bertz CT molecular complexity index is 653. The highest BCUT2D eigenvalue weighted by Crippen LogP contribution is 2.32. The van der Waals surface area contributed by atoms with Gasteiger partial charge in [-0.3, -0.25) is 0 Å². The van der Waals surface area contributed by atoms with Crippen LogP contribution in [0.5, 0.6) is 5.75 Å². The first-order valence-electron chi connectivity index (χ1n) is 7.25. The predicted molar refractivity (Wildman–Crippen MR) is 84.0 cm³/mol. The highest BCUT2D eigenvalue weighted by atomic mass is 35.5. The maximum absolute atomic E-state index is 12.8. The van der Waals surface area contributed by atoms with Gasteiger partial charge in [-0.1, -0.05) is 24.3 Å². The van der Waals surface area contributed by atoms with Crippen LogP contribution in [0.25, 0.3) is 0 Å². The summed E-state index contributed by atoms with van der Waals surface area (Å²) in [5.74, 6) is -0.766. The predicted octanol–water partition coefficient (Wildman–Crippen LogP) is 4.51. The minimum atomic E-state index is -4.49. The van der Waals surface area contributed by atoms with Gasteiger partial charge in [0.2, 0.25) is 6.10 Å². The summed E-state index contributed by atoms with van der Waals surface area (Å²) < 4.78 is 48.6. The molecule has 1 aliphatic carbocycles. The van der Waals surface area contributed by atoms with Crippen LogP contribution in [0.4, 0.5) is 13.2 Å². The molecule has 0 saturated heterocycles. The highest BCUT2D eigenvalue weighted by Gasteiger charge is 2.31. The average Bonchev–Trinajstić information content (AvgIpc) is 2.76. The Labute approximate surface area is 142 Å². The summed E-state index contributed by atoms with van der Waals surface area (Å²) >= 11 is 6.03. The molecule has 0 amide bonds. The largest absolute Gasteiger partial charge is 0.474 e. The number of esters is 1. The molecule has 130 valence electrons. The Morgan fingerprint density at radius 1 is 1.38 bits per heavy atom. The fourth-order valence-electron chi connectivity index (χ4n) is 2.22. The van der Waals surface area contributed by atoms with Crippen molar-refractivity contribution in [3.05, 3.63) is 53.6 Å². The summed E-state index contributed by atoms with van der Waals surface area (Å²) in [5.41, 5.74) is -0.350. The number of hydrogen-bond donors (Lipinski definition) is 0. The van der Waals surface area contributed by atoms with Gasteiger partial charge in [0.25, 0.3) is 0 Å². The van der Waals surface area contributed by atoms with Crippen molar-refractivity contribution in [1.29, 1.82) is 0 Å². The summed E-state index contributed by atoms with van der Waals surface area (Å²) in [6.07, 6.45) is 0.791. The maximum atomic E-state index is 12.8. The third-order valence-electron chi connectivity index (χ3n) is 3.45. The number of carbonyl (C=O) groups excluding carboxylic acids is 1. The number of hydrogen-bond acceptors (Lipinski definition) is 3. The van der Waals surface area contributed by atoms with Crippen LogP contribution in [-0.4, -0.2) is 24.6 Å². The van der Waals surface area contributed by atoms with Crippen molar-refractivity contribution in [2.45, 2.75) is 30.5 Å². The van der Waals surface area contributed by atoms with Crippen LogP contribution in [0.3, 0.4) is 0 Å². The molecule has 0 radical (unpaired) electrons. The molecular formula is C17H16ClF3O3. The van der Waals surface area contributed by atoms with E-state index in [1.165, 1.54) is 19.2 Å². The first-order valence-corrected chi connectivity index (χ1v) is 7.69. The lowest BCUT2D eigenvalue weighted by atomic mass is 10.1. The zero-order valence-corrected chi connectivity index (χ0v) is 13.6. The topological polar surface area (TPSA) is 35.5 Å². The van der Waals surface area contributed by atoms with Crippen molar-refractivity contribution in [3.63, 3.8) is 0 Å². The van der Waals surface area contributed by atoms with Crippen LogP contribution < -0.4 is 4.74 Å². The SMILES string of the molecule is COC(=O)C(Oc1cccc(C(F)(F)F)c1)C1=CCCC(Cl)C=C1. The van der Waals surface area contributed by atoms with Crippen LogP contribution in [0, 0.1) is 0 Å². The number of methoxy groups -OCH3 is 1. The van der Waals surface area contributed by atoms with Crippen LogP contribution in [0.2, 0.25) is 0 Å². The van der Waals surface area contributed by atoms with Gasteiger partial charge >= 0.3 is 12.1 Å². The average molecular weight is 361 g/mol.